The molecule has 0 aromatic heterocycles. The van der Waals surface area contributed by atoms with E-state index in [0.29, 0.717) is 5.75 Å². The van der Waals surface area contributed by atoms with Gasteiger partial charge in [-0.2, -0.15) is 0 Å². The average molecular weight is 270 g/mol. The van der Waals surface area contributed by atoms with Crippen molar-refractivity contribution in [2.45, 2.75) is 26.2 Å². The van der Waals surface area contributed by atoms with Gasteiger partial charge in [-0.15, -0.1) is 0 Å². The topological polar surface area (TPSA) is 46.5 Å². The molecule has 0 atom stereocenters. The summed E-state index contributed by atoms with van der Waals surface area (Å²) in [5.41, 5.74) is 1.23. The van der Waals surface area contributed by atoms with E-state index in [-0.39, 0.29) is 16.7 Å². The monoisotopic (exact) mass is 270 g/mol. The van der Waals surface area contributed by atoms with Crippen molar-refractivity contribution >= 4 is 5.97 Å². The highest BCUT2D eigenvalue weighted by Crippen LogP contribution is 2.26. The van der Waals surface area contributed by atoms with Gasteiger partial charge in [0.25, 0.3) is 0 Å². The average Bonchev–Trinajstić information content (AvgIpc) is 2.38. The van der Waals surface area contributed by atoms with Gasteiger partial charge in [-0.05, 0) is 35.2 Å². The van der Waals surface area contributed by atoms with E-state index < -0.39 is 5.97 Å². The zero-order valence-electron chi connectivity index (χ0n) is 11.9. The molecule has 2 aromatic rings. The number of carbonyl (C=O) groups is 1. The van der Waals surface area contributed by atoms with Crippen LogP contribution >= 0.6 is 0 Å². The summed E-state index contributed by atoms with van der Waals surface area (Å²) in [5, 5.41) is 9.64. The first-order valence-corrected chi connectivity index (χ1v) is 6.48. The standard InChI is InChI=1S/C17H18O3/c1-17(2,3)12-7-6-8-13(11-12)20-16(19)14-9-4-5-10-15(14)18/h4-11,18H,1-3H3. The molecule has 0 bridgehead atoms. The number of esters is 1. The number of para-hydroxylation sites is 1. The van der Waals surface area contributed by atoms with Gasteiger partial charge in [0.1, 0.15) is 17.1 Å². The van der Waals surface area contributed by atoms with Crippen LogP contribution in [0.2, 0.25) is 0 Å². The molecule has 2 rings (SSSR count). The maximum absolute atomic E-state index is 12.0. The first kappa shape index (κ1) is 14.1. The van der Waals surface area contributed by atoms with Gasteiger partial charge < -0.3 is 9.84 Å². The van der Waals surface area contributed by atoms with Crippen LogP contribution in [0.3, 0.4) is 0 Å². The summed E-state index contributed by atoms with van der Waals surface area (Å²) in [5.74, 6) is -0.163. The summed E-state index contributed by atoms with van der Waals surface area (Å²) in [6, 6.07) is 13.8. The molecule has 0 spiro atoms. The Morgan fingerprint density at radius 3 is 2.40 bits per heavy atom. The highest BCUT2D eigenvalue weighted by molar-refractivity contribution is 5.93. The Labute approximate surface area is 118 Å². The Morgan fingerprint density at radius 2 is 1.75 bits per heavy atom. The zero-order chi connectivity index (χ0) is 14.8. The van der Waals surface area contributed by atoms with Crippen molar-refractivity contribution in [1.82, 2.24) is 0 Å². The lowest BCUT2D eigenvalue weighted by Crippen LogP contribution is -2.12. The molecule has 0 amide bonds. The van der Waals surface area contributed by atoms with Gasteiger partial charge in [0.05, 0.1) is 0 Å². The molecule has 104 valence electrons. The third-order valence-corrected chi connectivity index (χ3v) is 3.03. The largest absolute Gasteiger partial charge is 0.507 e. The molecule has 0 unspecified atom stereocenters. The van der Waals surface area contributed by atoms with E-state index in [9.17, 15) is 9.90 Å². The smallest absolute Gasteiger partial charge is 0.347 e. The van der Waals surface area contributed by atoms with E-state index in [1.54, 1.807) is 18.2 Å². The van der Waals surface area contributed by atoms with Crippen LogP contribution < -0.4 is 4.74 Å². The molecular weight excluding hydrogens is 252 g/mol. The molecule has 0 aliphatic rings. The van der Waals surface area contributed by atoms with Gasteiger partial charge in [0, 0.05) is 0 Å². The quantitative estimate of drug-likeness (QED) is 0.664. The first-order chi connectivity index (χ1) is 9.38. The minimum Gasteiger partial charge on any atom is -0.507 e. The van der Waals surface area contributed by atoms with E-state index >= 15 is 0 Å². The Hall–Kier alpha value is -2.29. The number of ether oxygens (including phenoxy) is 1. The fourth-order valence-electron chi connectivity index (χ4n) is 1.83. The van der Waals surface area contributed by atoms with Gasteiger partial charge in [-0.1, -0.05) is 45.0 Å². The van der Waals surface area contributed by atoms with Crippen molar-refractivity contribution in [2.75, 3.05) is 0 Å². The molecule has 2 aromatic carbocycles. The molecule has 0 saturated heterocycles. The number of aromatic hydroxyl groups is 1. The maximum atomic E-state index is 12.0. The summed E-state index contributed by atoms with van der Waals surface area (Å²) in [6.07, 6.45) is 0. The highest BCUT2D eigenvalue weighted by Gasteiger charge is 2.16. The minimum absolute atomic E-state index is 0.0166. The van der Waals surface area contributed by atoms with Crippen molar-refractivity contribution in [3.63, 3.8) is 0 Å². The number of carbonyl (C=O) groups excluding carboxylic acids is 1. The summed E-state index contributed by atoms with van der Waals surface area (Å²) in [7, 11) is 0. The van der Waals surface area contributed by atoms with E-state index in [1.807, 2.05) is 18.2 Å². The summed E-state index contributed by atoms with van der Waals surface area (Å²) in [4.78, 5) is 12.0. The van der Waals surface area contributed by atoms with Crippen LogP contribution in [0, 0.1) is 0 Å². The lowest BCUT2D eigenvalue weighted by atomic mass is 9.87. The molecule has 0 aliphatic heterocycles. The Morgan fingerprint density at radius 1 is 1.05 bits per heavy atom. The minimum atomic E-state index is -0.561. The van der Waals surface area contributed by atoms with Crippen LogP contribution in [0.25, 0.3) is 0 Å². The van der Waals surface area contributed by atoms with E-state index in [2.05, 4.69) is 20.8 Å². The fraction of sp³-hybridized carbons (Fsp3) is 0.235. The van der Waals surface area contributed by atoms with Crippen molar-refractivity contribution in [3.05, 3.63) is 59.7 Å². The van der Waals surface area contributed by atoms with Crippen LogP contribution in [-0.4, -0.2) is 11.1 Å². The fourth-order valence-corrected chi connectivity index (χ4v) is 1.83. The summed E-state index contributed by atoms with van der Waals surface area (Å²) in [6.45, 7) is 6.28. The van der Waals surface area contributed by atoms with E-state index in [0.717, 1.165) is 5.56 Å². The van der Waals surface area contributed by atoms with Crippen molar-refractivity contribution in [2.24, 2.45) is 0 Å². The lowest BCUT2D eigenvalue weighted by Gasteiger charge is -2.19. The molecule has 0 heterocycles. The number of rotatable bonds is 2. The molecule has 3 heteroatoms. The number of phenolic OH excluding ortho intramolecular Hbond substituents is 1. The van der Waals surface area contributed by atoms with Gasteiger partial charge in [0.15, 0.2) is 0 Å². The van der Waals surface area contributed by atoms with Gasteiger partial charge >= 0.3 is 5.97 Å². The van der Waals surface area contributed by atoms with Crippen molar-refractivity contribution in [1.29, 1.82) is 0 Å². The van der Waals surface area contributed by atoms with Crippen LogP contribution in [-0.2, 0) is 5.41 Å². The van der Waals surface area contributed by atoms with E-state index in [4.69, 9.17) is 4.74 Å². The van der Waals surface area contributed by atoms with Gasteiger partial charge in [-0.25, -0.2) is 4.79 Å². The molecule has 0 aliphatic carbocycles. The number of benzene rings is 2. The van der Waals surface area contributed by atoms with Crippen LogP contribution in [0.1, 0.15) is 36.7 Å². The number of phenols is 1. The Balaban J connectivity index is 2.23. The normalized spacial score (nSPS) is 11.2. The van der Waals surface area contributed by atoms with Crippen LogP contribution in [0.5, 0.6) is 11.5 Å². The maximum Gasteiger partial charge on any atom is 0.347 e. The Kier molecular flexibility index (Phi) is 3.79. The second-order valence-electron chi connectivity index (χ2n) is 5.68. The predicted octanol–water partition coefficient (Wildman–Crippen LogP) is 3.91. The second kappa shape index (κ2) is 5.37. The lowest BCUT2D eigenvalue weighted by molar-refractivity contribution is 0.0731. The summed E-state index contributed by atoms with van der Waals surface area (Å²) >= 11 is 0. The molecule has 0 saturated carbocycles. The highest BCUT2D eigenvalue weighted by atomic mass is 16.5. The molecule has 0 fully saturated rings. The van der Waals surface area contributed by atoms with Crippen molar-refractivity contribution < 1.29 is 14.6 Å². The van der Waals surface area contributed by atoms with Gasteiger partial charge in [0.2, 0.25) is 0 Å². The zero-order valence-corrected chi connectivity index (χ0v) is 11.9. The second-order valence-corrected chi connectivity index (χ2v) is 5.68. The first-order valence-electron chi connectivity index (χ1n) is 6.48. The molecule has 0 radical (unpaired) electrons. The van der Waals surface area contributed by atoms with Crippen LogP contribution in [0.15, 0.2) is 48.5 Å². The number of hydrogen-bond donors (Lipinski definition) is 1. The van der Waals surface area contributed by atoms with Crippen LogP contribution in [0.4, 0.5) is 0 Å². The SMILES string of the molecule is CC(C)(C)c1cccc(OC(=O)c2ccccc2O)c1. The number of hydrogen-bond acceptors (Lipinski definition) is 3. The molecule has 20 heavy (non-hydrogen) atoms. The van der Waals surface area contributed by atoms with Gasteiger partial charge in [-0.3, -0.25) is 0 Å². The predicted molar refractivity (Wildman–Crippen MR) is 78.2 cm³/mol. The van der Waals surface area contributed by atoms with Crippen molar-refractivity contribution in [3.8, 4) is 11.5 Å². The summed E-state index contributed by atoms with van der Waals surface area (Å²) < 4.78 is 5.32. The molecule has 3 nitrogen and oxygen atoms in total. The molecular formula is C17H18O3. The molecule has 1 N–H and O–H groups in total. The van der Waals surface area contributed by atoms with E-state index in [1.165, 1.54) is 12.1 Å². The Bertz CT molecular complexity index is 624. The third kappa shape index (κ3) is 3.18. The third-order valence-electron chi connectivity index (χ3n) is 3.03.